The van der Waals surface area contributed by atoms with Crippen LogP contribution in [-0.2, 0) is 14.8 Å². The SMILES string of the molecule is CCOc1cccc2cc(-c3csc(NC(=O)C4CCCN4S(=O)(=O)c4ccc(Cl)s4)n3)oc12. The molecule has 8 nitrogen and oxygen atoms in total. The second-order valence-electron chi connectivity index (χ2n) is 7.58. The van der Waals surface area contributed by atoms with Gasteiger partial charge in [-0.3, -0.25) is 4.79 Å². The molecule has 178 valence electrons. The summed E-state index contributed by atoms with van der Waals surface area (Å²) < 4.78 is 39.4. The summed E-state index contributed by atoms with van der Waals surface area (Å²) in [7, 11) is -3.80. The number of rotatable bonds is 7. The van der Waals surface area contributed by atoms with Gasteiger partial charge in [0.15, 0.2) is 22.2 Å². The van der Waals surface area contributed by atoms with Gasteiger partial charge >= 0.3 is 0 Å². The number of hydrogen-bond acceptors (Lipinski definition) is 8. The Kier molecular flexibility index (Phi) is 6.38. The molecule has 0 aliphatic carbocycles. The van der Waals surface area contributed by atoms with Gasteiger partial charge in [-0.2, -0.15) is 4.31 Å². The molecule has 0 spiro atoms. The van der Waals surface area contributed by atoms with E-state index in [1.54, 1.807) is 5.38 Å². The molecule has 1 aliphatic heterocycles. The van der Waals surface area contributed by atoms with E-state index in [0.29, 0.717) is 51.7 Å². The van der Waals surface area contributed by atoms with Crippen LogP contribution < -0.4 is 10.1 Å². The predicted molar refractivity (Wildman–Crippen MR) is 133 cm³/mol. The van der Waals surface area contributed by atoms with Gasteiger partial charge in [0.05, 0.1) is 10.9 Å². The van der Waals surface area contributed by atoms with Crippen molar-refractivity contribution in [2.24, 2.45) is 0 Å². The maximum Gasteiger partial charge on any atom is 0.253 e. The zero-order valence-electron chi connectivity index (χ0n) is 18.0. The van der Waals surface area contributed by atoms with Gasteiger partial charge in [0.2, 0.25) is 5.91 Å². The second-order valence-corrected chi connectivity index (χ2v) is 12.3. The molecule has 1 aromatic carbocycles. The number of nitrogens with one attached hydrogen (secondary N) is 1. The van der Waals surface area contributed by atoms with Crippen LogP contribution in [0.5, 0.6) is 5.75 Å². The van der Waals surface area contributed by atoms with E-state index in [4.69, 9.17) is 20.8 Å². The molecule has 1 amide bonds. The molecule has 4 aromatic rings. The third kappa shape index (κ3) is 4.34. The fourth-order valence-corrected chi connectivity index (χ4v) is 7.88. The highest BCUT2D eigenvalue weighted by molar-refractivity contribution is 7.91. The lowest BCUT2D eigenvalue weighted by atomic mass is 10.2. The Bertz CT molecular complexity index is 1460. The number of fused-ring (bicyclic) bond motifs is 1. The summed E-state index contributed by atoms with van der Waals surface area (Å²) in [5.74, 6) is 0.802. The lowest BCUT2D eigenvalue weighted by Crippen LogP contribution is -2.42. The van der Waals surface area contributed by atoms with E-state index in [2.05, 4.69) is 10.3 Å². The summed E-state index contributed by atoms with van der Waals surface area (Å²) in [6.07, 6.45) is 1.03. The van der Waals surface area contributed by atoms with Gasteiger partial charge in [0.1, 0.15) is 15.9 Å². The lowest BCUT2D eigenvalue weighted by molar-refractivity contribution is -0.119. The standard InChI is InChI=1S/C22H20ClN3O5S3/c1-2-30-16-7-3-5-13-11-17(31-20(13)16)14-12-32-22(24-14)25-21(27)15-6-4-10-26(15)34(28,29)19-9-8-18(23)33-19/h3,5,7-9,11-12,15H,2,4,6,10H2,1H3,(H,24,25,27). The smallest absolute Gasteiger partial charge is 0.253 e. The number of hydrogen-bond donors (Lipinski definition) is 1. The molecular weight excluding hydrogens is 518 g/mol. The zero-order chi connectivity index (χ0) is 23.9. The van der Waals surface area contributed by atoms with Gasteiger partial charge in [0.25, 0.3) is 10.0 Å². The molecule has 1 atom stereocenters. The van der Waals surface area contributed by atoms with Crippen LogP contribution in [0.25, 0.3) is 22.4 Å². The van der Waals surface area contributed by atoms with Crippen molar-refractivity contribution in [1.29, 1.82) is 0 Å². The highest BCUT2D eigenvalue weighted by Gasteiger charge is 2.40. The molecule has 0 bridgehead atoms. The Morgan fingerprint density at radius 3 is 2.97 bits per heavy atom. The van der Waals surface area contributed by atoms with Crippen molar-refractivity contribution in [2.45, 2.75) is 30.0 Å². The van der Waals surface area contributed by atoms with E-state index in [-0.39, 0.29) is 10.8 Å². The van der Waals surface area contributed by atoms with Crippen LogP contribution in [0.15, 0.2) is 50.4 Å². The van der Waals surface area contributed by atoms with E-state index in [0.717, 1.165) is 16.7 Å². The molecule has 1 unspecified atom stereocenters. The minimum Gasteiger partial charge on any atom is -0.490 e. The van der Waals surface area contributed by atoms with Crippen molar-refractivity contribution in [1.82, 2.24) is 9.29 Å². The van der Waals surface area contributed by atoms with Crippen molar-refractivity contribution in [3.63, 3.8) is 0 Å². The van der Waals surface area contributed by atoms with Crippen molar-refractivity contribution in [2.75, 3.05) is 18.5 Å². The summed E-state index contributed by atoms with van der Waals surface area (Å²) >= 11 is 8.14. The normalized spacial score (nSPS) is 16.8. The van der Waals surface area contributed by atoms with Crippen LogP contribution in [0.2, 0.25) is 4.34 Å². The Balaban J connectivity index is 1.34. The second kappa shape index (κ2) is 9.31. The highest BCUT2D eigenvalue weighted by Crippen LogP contribution is 2.36. The maximum absolute atomic E-state index is 13.0. The minimum atomic E-state index is -3.80. The van der Waals surface area contributed by atoms with E-state index >= 15 is 0 Å². The molecule has 0 radical (unpaired) electrons. The molecule has 5 rings (SSSR count). The van der Waals surface area contributed by atoms with Crippen LogP contribution in [0, 0.1) is 0 Å². The third-order valence-corrected chi connectivity index (χ3v) is 9.78. The van der Waals surface area contributed by atoms with Gasteiger partial charge in [-0.1, -0.05) is 23.7 Å². The molecule has 4 heterocycles. The minimum absolute atomic E-state index is 0.130. The average Bonchev–Trinajstić information content (AvgIpc) is 3.59. The average molecular weight is 538 g/mol. The number of nitrogens with zero attached hydrogens (tertiary/aromatic N) is 2. The predicted octanol–water partition coefficient (Wildman–Crippen LogP) is 5.46. The first-order valence-electron chi connectivity index (χ1n) is 10.6. The van der Waals surface area contributed by atoms with Crippen molar-refractivity contribution >= 4 is 66.3 Å². The number of carbonyl (C=O) groups is 1. The van der Waals surface area contributed by atoms with Gasteiger partial charge in [-0.05, 0) is 44.0 Å². The Morgan fingerprint density at radius 2 is 2.21 bits per heavy atom. The molecule has 1 N–H and O–H groups in total. The molecule has 1 fully saturated rings. The highest BCUT2D eigenvalue weighted by atomic mass is 35.5. The number of amides is 1. The number of furan rings is 1. The Morgan fingerprint density at radius 1 is 1.35 bits per heavy atom. The topological polar surface area (TPSA) is 102 Å². The third-order valence-electron chi connectivity index (χ3n) is 5.41. The first-order valence-corrected chi connectivity index (χ1v) is 14.1. The Labute approximate surface area is 209 Å². The number of thiophene rings is 1. The number of benzene rings is 1. The number of para-hydroxylation sites is 1. The van der Waals surface area contributed by atoms with Crippen molar-refractivity contribution < 1.29 is 22.4 Å². The van der Waals surface area contributed by atoms with Gasteiger partial charge in [0, 0.05) is 17.3 Å². The quantitative estimate of drug-likeness (QED) is 0.336. The number of carbonyl (C=O) groups excluding carboxylic acids is 1. The maximum atomic E-state index is 13.0. The number of halogens is 1. The molecule has 34 heavy (non-hydrogen) atoms. The summed E-state index contributed by atoms with van der Waals surface area (Å²) in [5.41, 5.74) is 1.21. The fourth-order valence-electron chi connectivity index (χ4n) is 3.91. The first kappa shape index (κ1) is 23.3. The van der Waals surface area contributed by atoms with Crippen LogP contribution in [-0.4, -0.2) is 42.8 Å². The first-order chi connectivity index (χ1) is 16.4. The molecular formula is C22H20ClN3O5S3. The molecule has 1 aliphatic rings. The summed E-state index contributed by atoms with van der Waals surface area (Å²) in [4.78, 5) is 17.5. The molecule has 3 aromatic heterocycles. The van der Waals surface area contributed by atoms with Crippen LogP contribution in [0.3, 0.4) is 0 Å². The van der Waals surface area contributed by atoms with E-state index in [9.17, 15) is 13.2 Å². The zero-order valence-corrected chi connectivity index (χ0v) is 21.2. The summed E-state index contributed by atoms with van der Waals surface area (Å²) in [6, 6.07) is 9.73. The van der Waals surface area contributed by atoms with Crippen molar-refractivity contribution in [3.8, 4) is 17.2 Å². The number of thiazole rings is 1. The van der Waals surface area contributed by atoms with E-state index in [1.165, 1.54) is 27.8 Å². The lowest BCUT2D eigenvalue weighted by Gasteiger charge is -2.22. The van der Waals surface area contributed by atoms with Crippen LogP contribution in [0.4, 0.5) is 5.13 Å². The molecule has 0 saturated carbocycles. The van der Waals surface area contributed by atoms with Gasteiger partial charge in [-0.15, -0.1) is 22.7 Å². The molecule has 1 saturated heterocycles. The number of ether oxygens (including phenoxy) is 1. The number of anilines is 1. The number of aromatic nitrogens is 1. The largest absolute Gasteiger partial charge is 0.490 e. The van der Waals surface area contributed by atoms with E-state index < -0.39 is 22.0 Å². The monoisotopic (exact) mass is 537 g/mol. The fraction of sp³-hybridized carbons (Fsp3) is 0.273. The summed E-state index contributed by atoms with van der Waals surface area (Å²) in [6.45, 7) is 2.71. The van der Waals surface area contributed by atoms with E-state index in [1.807, 2.05) is 31.2 Å². The Hall–Kier alpha value is -2.44. The van der Waals surface area contributed by atoms with Crippen LogP contribution >= 0.6 is 34.3 Å². The summed E-state index contributed by atoms with van der Waals surface area (Å²) in [5, 5.41) is 5.81. The molecule has 12 heteroatoms. The van der Waals surface area contributed by atoms with Crippen LogP contribution in [0.1, 0.15) is 19.8 Å². The number of sulfonamides is 1. The van der Waals surface area contributed by atoms with Gasteiger partial charge in [-0.25, -0.2) is 13.4 Å². The van der Waals surface area contributed by atoms with Crippen molar-refractivity contribution in [3.05, 3.63) is 46.1 Å². The van der Waals surface area contributed by atoms with Gasteiger partial charge < -0.3 is 14.5 Å².